The van der Waals surface area contributed by atoms with E-state index < -0.39 is 0 Å². The Morgan fingerprint density at radius 1 is 0.536 bits per heavy atom. The van der Waals surface area contributed by atoms with Crippen LogP contribution in [0.15, 0.2) is 73.3 Å². The van der Waals surface area contributed by atoms with Crippen LogP contribution < -0.4 is 0 Å². The van der Waals surface area contributed by atoms with Gasteiger partial charge in [-0.1, -0.05) is 18.2 Å². The van der Waals surface area contributed by atoms with E-state index in [1.54, 1.807) is 24.8 Å². The fourth-order valence-electron chi connectivity index (χ4n) is 2.97. The average Bonchev–Trinajstić information content (AvgIpc) is 3.46. The summed E-state index contributed by atoms with van der Waals surface area (Å²) in [5, 5.41) is 30.4. The van der Waals surface area contributed by atoms with Crippen LogP contribution in [0, 0.1) is 0 Å². The van der Waals surface area contributed by atoms with E-state index >= 15 is 0 Å². The molecule has 2 N–H and O–H groups in total. The van der Waals surface area contributed by atoms with Gasteiger partial charge in [0.2, 0.25) is 0 Å². The van der Waals surface area contributed by atoms with Crippen molar-refractivity contribution in [1.82, 2.24) is 40.8 Å². The van der Waals surface area contributed by atoms with Gasteiger partial charge in [-0.3, -0.25) is 10.2 Å². The van der Waals surface area contributed by atoms with Gasteiger partial charge >= 0.3 is 0 Å². The third-order valence-electron chi connectivity index (χ3n) is 4.40. The maximum Gasteiger partial charge on any atom is 0.0927 e. The van der Waals surface area contributed by atoms with Gasteiger partial charge in [0.15, 0.2) is 0 Å². The number of benzene rings is 1. The zero-order chi connectivity index (χ0) is 18.8. The molecule has 5 aromatic rings. The van der Waals surface area contributed by atoms with E-state index in [1.165, 1.54) is 0 Å². The number of nitrogens with one attached hydrogen (secondary N) is 2. The summed E-state index contributed by atoms with van der Waals surface area (Å²) in [5.74, 6) is 0. The van der Waals surface area contributed by atoms with E-state index in [9.17, 15) is 0 Å². The van der Waals surface area contributed by atoms with Gasteiger partial charge in [-0.05, 0) is 30.3 Å². The van der Waals surface area contributed by atoms with Crippen LogP contribution in [-0.2, 0) is 0 Å². The fourth-order valence-corrected chi connectivity index (χ4v) is 2.97. The van der Waals surface area contributed by atoms with Gasteiger partial charge in [-0.25, -0.2) is 0 Å². The third kappa shape index (κ3) is 3.03. The monoisotopic (exact) mass is 366 g/mol. The molecule has 8 heteroatoms. The molecule has 0 amide bonds. The number of hydrogen-bond donors (Lipinski definition) is 2. The number of hydrogen-bond acceptors (Lipinski definition) is 6. The number of nitrogens with zero attached hydrogens (tertiary/aromatic N) is 6. The molecular formula is C20H14N8. The quantitative estimate of drug-likeness (QED) is 0.505. The van der Waals surface area contributed by atoms with Gasteiger partial charge < -0.3 is 0 Å². The van der Waals surface area contributed by atoms with Crippen LogP contribution in [0.3, 0.4) is 0 Å². The molecule has 0 radical (unpaired) electrons. The van der Waals surface area contributed by atoms with Crippen molar-refractivity contribution in [2.75, 3.05) is 0 Å². The first kappa shape index (κ1) is 16.0. The Kier molecular flexibility index (Phi) is 3.91. The zero-order valence-corrected chi connectivity index (χ0v) is 14.6. The largest absolute Gasteiger partial charge is 0.277 e. The molecule has 8 nitrogen and oxygen atoms in total. The molecule has 5 rings (SSSR count). The van der Waals surface area contributed by atoms with Crippen LogP contribution >= 0.6 is 0 Å². The molecule has 0 spiro atoms. The summed E-state index contributed by atoms with van der Waals surface area (Å²) in [6, 6.07) is 15.9. The van der Waals surface area contributed by atoms with Gasteiger partial charge in [0.05, 0.1) is 47.6 Å². The van der Waals surface area contributed by atoms with Crippen LogP contribution in [0.1, 0.15) is 0 Å². The average molecular weight is 366 g/mol. The fraction of sp³-hybridized carbons (Fsp3) is 0. The van der Waals surface area contributed by atoms with Crippen molar-refractivity contribution in [2.24, 2.45) is 0 Å². The van der Waals surface area contributed by atoms with Crippen molar-refractivity contribution in [3.8, 4) is 45.0 Å². The van der Waals surface area contributed by atoms with Crippen molar-refractivity contribution in [1.29, 1.82) is 0 Å². The van der Waals surface area contributed by atoms with E-state index in [1.807, 2.05) is 42.5 Å². The van der Waals surface area contributed by atoms with Crippen LogP contribution in [0.2, 0.25) is 0 Å². The Hall–Kier alpha value is -4.20. The molecule has 4 aromatic heterocycles. The van der Waals surface area contributed by atoms with Gasteiger partial charge in [-0.15, -0.1) is 0 Å². The molecule has 0 saturated carbocycles. The van der Waals surface area contributed by atoms with Crippen LogP contribution in [0.4, 0.5) is 0 Å². The maximum atomic E-state index is 4.43. The predicted octanol–water partition coefficient (Wildman–Crippen LogP) is 3.38. The minimum Gasteiger partial charge on any atom is -0.277 e. The molecule has 0 saturated heterocycles. The van der Waals surface area contributed by atoms with Gasteiger partial charge in [0, 0.05) is 22.3 Å². The highest BCUT2D eigenvalue weighted by atomic mass is 15.1. The summed E-state index contributed by atoms with van der Waals surface area (Å²) in [4.78, 5) is 0. The Bertz CT molecular complexity index is 1120. The lowest BCUT2D eigenvalue weighted by molar-refractivity contribution is 1.03. The lowest BCUT2D eigenvalue weighted by Gasteiger charge is -2.00. The van der Waals surface area contributed by atoms with Crippen molar-refractivity contribution in [3.05, 3.63) is 73.3 Å². The second-order valence-corrected chi connectivity index (χ2v) is 6.18. The number of aromatic amines is 2. The minimum absolute atomic E-state index is 0.850. The van der Waals surface area contributed by atoms with Crippen LogP contribution in [-0.4, -0.2) is 40.8 Å². The highest BCUT2D eigenvalue weighted by Gasteiger charge is 2.10. The highest BCUT2D eigenvalue weighted by molar-refractivity contribution is 5.74. The molecule has 134 valence electrons. The number of aromatic nitrogens is 8. The first-order valence-electron chi connectivity index (χ1n) is 8.62. The summed E-state index contributed by atoms with van der Waals surface area (Å²) in [6.45, 7) is 0. The van der Waals surface area contributed by atoms with Crippen LogP contribution in [0.25, 0.3) is 45.0 Å². The standard InChI is InChI=1S/C20H14N8/c1-2-13(17-9-19(27-25-17)15-4-6-21-23-11-15)8-14(3-1)18-10-20(28-26-18)16-5-7-22-24-12-16/h1-12H,(H,25,27)(H,26,28). The molecular weight excluding hydrogens is 352 g/mol. The summed E-state index contributed by atoms with van der Waals surface area (Å²) < 4.78 is 0. The maximum absolute atomic E-state index is 4.43. The molecule has 0 aliphatic carbocycles. The first-order valence-corrected chi connectivity index (χ1v) is 8.62. The SMILES string of the molecule is c1cc(-c2cc(-c3ccnnc3)[nH]n2)cc(-c2cc(-c3ccnnc3)[nH]n2)c1. The van der Waals surface area contributed by atoms with Crippen LogP contribution in [0.5, 0.6) is 0 Å². The molecule has 4 heterocycles. The Morgan fingerprint density at radius 2 is 1.07 bits per heavy atom. The van der Waals surface area contributed by atoms with E-state index in [0.717, 1.165) is 45.0 Å². The van der Waals surface area contributed by atoms with Crippen molar-refractivity contribution in [2.45, 2.75) is 0 Å². The van der Waals surface area contributed by atoms with E-state index in [-0.39, 0.29) is 0 Å². The smallest absolute Gasteiger partial charge is 0.0927 e. The molecule has 0 unspecified atom stereocenters. The lowest BCUT2D eigenvalue weighted by atomic mass is 10.0. The van der Waals surface area contributed by atoms with E-state index in [0.29, 0.717) is 0 Å². The van der Waals surface area contributed by atoms with E-state index in [2.05, 4.69) is 46.9 Å². The normalized spacial score (nSPS) is 10.9. The van der Waals surface area contributed by atoms with Crippen molar-refractivity contribution < 1.29 is 0 Å². The zero-order valence-electron chi connectivity index (χ0n) is 14.6. The molecule has 1 aromatic carbocycles. The second-order valence-electron chi connectivity index (χ2n) is 6.18. The lowest BCUT2D eigenvalue weighted by Crippen LogP contribution is -1.82. The minimum atomic E-state index is 0.850. The van der Waals surface area contributed by atoms with E-state index in [4.69, 9.17) is 0 Å². The van der Waals surface area contributed by atoms with Crippen molar-refractivity contribution in [3.63, 3.8) is 0 Å². The third-order valence-corrected chi connectivity index (χ3v) is 4.40. The topological polar surface area (TPSA) is 109 Å². The summed E-state index contributed by atoms with van der Waals surface area (Å²) in [6.07, 6.45) is 6.72. The van der Waals surface area contributed by atoms with Crippen molar-refractivity contribution >= 4 is 0 Å². The number of rotatable bonds is 4. The Labute approximate surface area is 159 Å². The molecule has 0 atom stereocenters. The summed E-state index contributed by atoms with van der Waals surface area (Å²) in [5.41, 5.74) is 7.35. The van der Waals surface area contributed by atoms with Gasteiger partial charge in [0.25, 0.3) is 0 Å². The Morgan fingerprint density at radius 3 is 1.54 bits per heavy atom. The van der Waals surface area contributed by atoms with Gasteiger partial charge in [0.1, 0.15) is 0 Å². The Balaban J connectivity index is 1.46. The highest BCUT2D eigenvalue weighted by Crippen LogP contribution is 2.28. The summed E-state index contributed by atoms with van der Waals surface area (Å²) >= 11 is 0. The molecule has 0 fully saturated rings. The molecule has 28 heavy (non-hydrogen) atoms. The molecule has 0 bridgehead atoms. The summed E-state index contributed by atoms with van der Waals surface area (Å²) in [7, 11) is 0. The second kappa shape index (κ2) is 6.84. The molecule has 0 aliphatic heterocycles. The number of H-pyrrole nitrogens is 2. The van der Waals surface area contributed by atoms with Gasteiger partial charge in [-0.2, -0.15) is 30.6 Å². The first-order chi connectivity index (χ1) is 13.9. The predicted molar refractivity (Wildman–Crippen MR) is 104 cm³/mol. The molecule has 0 aliphatic rings.